The Hall–Kier alpha value is -4.57. The van der Waals surface area contributed by atoms with Crippen molar-refractivity contribution in [2.45, 2.75) is 6.04 Å². The SMILES string of the molecule is N=C(N)c1cccc(NC(C(=O)Nc2ccc(N3CCOCC3)cc2)c2ccccc2OCC(=O)O)c1. The van der Waals surface area contributed by atoms with Crippen molar-refractivity contribution in [1.82, 2.24) is 0 Å². The number of amides is 1. The molecule has 4 rings (SSSR count). The molecule has 0 spiro atoms. The Labute approximate surface area is 214 Å². The summed E-state index contributed by atoms with van der Waals surface area (Å²) in [6, 6.07) is 20.2. The molecule has 192 valence electrons. The molecule has 0 saturated carbocycles. The lowest BCUT2D eigenvalue weighted by Crippen LogP contribution is -2.36. The summed E-state index contributed by atoms with van der Waals surface area (Å²) in [5, 5.41) is 22.9. The molecule has 1 aliphatic heterocycles. The molecule has 3 aromatic carbocycles. The van der Waals surface area contributed by atoms with Crippen LogP contribution in [0.15, 0.2) is 72.8 Å². The predicted molar refractivity (Wildman–Crippen MR) is 141 cm³/mol. The van der Waals surface area contributed by atoms with E-state index in [1.807, 2.05) is 24.3 Å². The number of carboxylic acids is 1. The van der Waals surface area contributed by atoms with E-state index in [-0.39, 0.29) is 17.5 Å². The second kappa shape index (κ2) is 11.9. The first kappa shape index (κ1) is 25.5. The Morgan fingerprint density at radius 3 is 2.46 bits per heavy atom. The minimum atomic E-state index is -1.13. The summed E-state index contributed by atoms with van der Waals surface area (Å²) in [6.07, 6.45) is 0. The van der Waals surface area contributed by atoms with Crippen LogP contribution < -0.4 is 26.0 Å². The first-order valence-corrected chi connectivity index (χ1v) is 11.8. The first-order valence-electron chi connectivity index (χ1n) is 11.8. The predicted octanol–water partition coefficient (Wildman–Crippen LogP) is 3.06. The number of carbonyl (C=O) groups is 2. The zero-order valence-electron chi connectivity index (χ0n) is 20.1. The fourth-order valence-electron chi connectivity index (χ4n) is 4.01. The van der Waals surface area contributed by atoms with E-state index in [2.05, 4.69) is 15.5 Å². The third-order valence-electron chi connectivity index (χ3n) is 5.84. The molecule has 1 saturated heterocycles. The van der Waals surface area contributed by atoms with Crippen LogP contribution in [0.4, 0.5) is 17.1 Å². The maximum absolute atomic E-state index is 13.6. The number of nitrogens with one attached hydrogen (secondary N) is 3. The third-order valence-corrected chi connectivity index (χ3v) is 5.84. The average Bonchev–Trinajstić information content (AvgIpc) is 2.92. The van der Waals surface area contributed by atoms with Crippen LogP contribution in [0.5, 0.6) is 5.75 Å². The highest BCUT2D eigenvalue weighted by molar-refractivity contribution is 5.99. The second-order valence-corrected chi connectivity index (χ2v) is 8.43. The van der Waals surface area contributed by atoms with Gasteiger partial charge in [-0.25, -0.2) is 4.79 Å². The molecule has 6 N–H and O–H groups in total. The van der Waals surface area contributed by atoms with Crippen molar-refractivity contribution in [3.8, 4) is 5.75 Å². The summed E-state index contributed by atoms with van der Waals surface area (Å²) in [5.41, 5.74) is 8.80. The molecular formula is C27H29N5O5. The zero-order valence-corrected chi connectivity index (χ0v) is 20.1. The highest BCUT2D eigenvalue weighted by atomic mass is 16.5. The largest absolute Gasteiger partial charge is 0.482 e. The molecule has 10 nitrogen and oxygen atoms in total. The summed E-state index contributed by atoms with van der Waals surface area (Å²) in [6.45, 7) is 2.43. The van der Waals surface area contributed by atoms with Gasteiger partial charge < -0.3 is 35.8 Å². The maximum atomic E-state index is 13.6. The topological polar surface area (TPSA) is 150 Å². The molecule has 1 atom stereocenters. The Bertz CT molecular complexity index is 1260. The van der Waals surface area contributed by atoms with E-state index in [1.165, 1.54) is 0 Å². The van der Waals surface area contributed by atoms with Gasteiger partial charge in [-0.15, -0.1) is 0 Å². The van der Waals surface area contributed by atoms with Crippen molar-refractivity contribution in [1.29, 1.82) is 5.41 Å². The minimum absolute atomic E-state index is 0.102. The number of hydrogen-bond donors (Lipinski definition) is 5. The van der Waals surface area contributed by atoms with Gasteiger partial charge in [-0.05, 0) is 42.5 Å². The monoisotopic (exact) mass is 503 g/mol. The molecule has 1 heterocycles. The van der Waals surface area contributed by atoms with Crippen LogP contribution in [-0.2, 0) is 14.3 Å². The van der Waals surface area contributed by atoms with Crippen molar-refractivity contribution in [2.75, 3.05) is 48.4 Å². The van der Waals surface area contributed by atoms with Crippen LogP contribution in [0.1, 0.15) is 17.2 Å². The Kier molecular flexibility index (Phi) is 8.22. The third kappa shape index (κ3) is 6.77. The number of nitrogens with two attached hydrogens (primary N) is 1. The number of rotatable bonds is 10. The number of aliphatic carboxylic acids is 1. The fraction of sp³-hybridized carbons (Fsp3) is 0.222. The Balaban J connectivity index is 1.60. The van der Waals surface area contributed by atoms with Gasteiger partial charge in [-0.1, -0.05) is 30.3 Å². The van der Waals surface area contributed by atoms with Crippen molar-refractivity contribution in [3.05, 3.63) is 83.9 Å². The first-order chi connectivity index (χ1) is 17.9. The summed E-state index contributed by atoms with van der Waals surface area (Å²) in [5.74, 6) is -1.34. The second-order valence-electron chi connectivity index (χ2n) is 8.43. The molecule has 1 fully saturated rings. The molecular weight excluding hydrogens is 474 g/mol. The van der Waals surface area contributed by atoms with Crippen molar-refractivity contribution in [3.63, 3.8) is 0 Å². The number of carboxylic acid groups (broad SMARTS) is 1. The van der Waals surface area contributed by atoms with E-state index in [1.54, 1.807) is 48.5 Å². The Morgan fingerprint density at radius 1 is 1.03 bits per heavy atom. The molecule has 3 aromatic rings. The number of morpholine rings is 1. The van der Waals surface area contributed by atoms with Crippen molar-refractivity contribution >= 4 is 34.8 Å². The highest BCUT2D eigenvalue weighted by Gasteiger charge is 2.25. The number of anilines is 3. The van der Waals surface area contributed by atoms with E-state index in [4.69, 9.17) is 25.7 Å². The fourth-order valence-corrected chi connectivity index (χ4v) is 4.01. The molecule has 1 amide bonds. The van der Waals surface area contributed by atoms with Crippen molar-refractivity contribution < 1.29 is 24.2 Å². The summed E-state index contributed by atoms with van der Waals surface area (Å²) in [4.78, 5) is 26.9. The van der Waals surface area contributed by atoms with E-state index in [0.717, 1.165) is 18.8 Å². The summed E-state index contributed by atoms with van der Waals surface area (Å²) >= 11 is 0. The highest BCUT2D eigenvalue weighted by Crippen LogP contribution is 2.30. The molecule has 0 aliphatic carbocycles. The molecule has 37 heavy (non-hydrogen) atoms. The van der Waals surface area contributed by atoms with Crippen LogP contribution in [0.2, 0.25) is 0 Å². The van der Waals surface area contributed by atoms with Gasteiger partial charge in [0.15, 0.2) is 6.61 Å². The number of nitrogen functional groups attached to an aromatic ring is 1. The lowest BCUT2D eigenvalue weighted by atomic mass is 10.0. The molecule has 0 bridgehead atoms. The van der Waals surface area contributed by atoms with Gasteiger partial charge in [0.1, 0.15) is 17.6 Å². The van der Waals surface area contributed by atoms with E-state index in [9.17, 15) is 9.59 Å². The van der Waals surface area contributed by atoms with Gasteiger partial charge in [0, 0.05) is 41.3 Å². The van der Waals surface area contributed by atoms with Crippen LogP contribution in [0, 0.1) is 5.41 Å². The molecule has 0 radical (unpaired) electrons. The number of benzene rings is 3. The van der Waals surface area contributed by atoms with Crippen LogP contribution >= 0.6 is 0 Å². The van der Waals surface area contributed by atoms with Crippen LogP contribution in [-0.4, -0.2) is 55.7 Å². The quantitative estimate of drug-likeness (QED) is 0.209. The smallest absolute Gasteiger partial charge is 0.341 e. The number of nitrogens with zero attached hydrogens (tertiary/aromatic N) is 1. The van der Waals surface area contributed by atoms with Gasteiger partial charge in [0.05, 0.1) is 13.2 Å². The number of hydrogen-bond acceptors (Lipinski definition) is 7. The standard InChI is InChI=1S/C27H29N5O5/c28-26(29)18-4-3-5-20(16-18)30-25(22-6-1-2-7-23(22)37-17-24(33)34)27(35)31-19-8-10-21(11-9-19)32-12-14-36-15-13-32/h1-11,16,25,30H,12-15,17H2,(H3,28,29)(H,31,35)(H,33,34). The molecule has 0 aromatic heterocycles. The zero-order chi connectivity index (χ0) is 26.2. The number of amidine groups is 1. The molecule has 1 aliphatic rings. The lowest BCUT2D eigenvalue weighted by Gasteiger charge is -2.29. The normalized spacial score (nSPS) is 13.9. The van der Waals surface area contributed by atoms with Gasteiger partial charge in [-0.2, -0.15) is 0 Å². The minimum Gasteiger partial charge on any atom is -0.482 e. The average molecular weight is 504 g/mol. The lowest BCUT2D eigenvalue weighted by molar-refractivity contribution is -0.139. The number of carbonyl (C=O) groups excluding carboxylic acids is 1. The summed E-state index contributed by atoms with van der Waals surface area (Å²) < 4.78 is 10.9. The van der Waals surface area contributed by atoms with E-state index >= 15 is 0 Å². The summed E-state index contributed by atoms with van der Waals surface area (Å²) in [7, 11) is 0. The Morgan fingerprint density at radius 2 is 1.76 bits per heavy atom. The maximum Gasteiger partial charge on any atom is 0.341 e. The van der Waals surface area contributed by atoms with Gasteiger partial charge in [0.2, 0.25) is 0 Å². The van der Waals surface area contributed by atoms with E-state index < -0.39 is 18.6 Å². The number of para-hydroxylation sites is 1. The van der Waals surface area contributed by atoms with E-state index in [0.29, 0.717) is 35.7 Å². The van der Waals surface area contributed by atoms with Crippen LogP contribution in [0.3, 0.4) is 0 Å². The van der Waals surface area contributed by atoms with Crippen molar-refractivity contribution in [2.24, 2.45) is 5.73 Å². The van der Waals surface area contributed by atoms with Gasteiger partial charge in [0.25, 0.3) is 5.91 Å². The van der Waals surface area contributed by atoms with Gasteiger partial charge in [-0.3, -0.25) is 10.2 Å². The van der Waals surface area contributed by atoms with Gasteiger partial charge >= 0.3 is 5.97 Å². The molecule has 1 unspecified atom stereocenters. The van der Waals surface area contributed by atoms with Crippen LogP contribution in [0.25, 0.3) is 0 Å². The molecule has 10 heteroatoms. The number of ether oxygens (including phenoxy) is 2.